The van der Waals surface area contributed by atoms with E-state index in [2.05, 4.69) is 0 Å². The van der Waals surface area contributed by atoms with Gasteiger partial charge < -0.3 is 4.42 Å². The van der Waals surface area contributed by atoms with E-state index >= 15 is 0 Å². The minimum absolute atomic E-state index is 0.0776. The lowest BCUT2D eigenvalue weighted by atomic mass is 10.2. The molecule has 1 aromatic heterocycles. The van der Waals surface area contributed by atoms with Gasteiger partial charge >= 0.3 is 5.91 Å². The number of furan rings is 1. The van der Waals surface area contributed by atoms with Gasteiger partial charge in [0.1, 0.15) is 11.6 Å². The Morgan fingerprint density at radius 1 is 1.50 bits per heavy atom. The molecular weight excluding hydrogens is 303 g/mol. The topological polar surface area (TPSA) is 68.3 Å². The molecule has 0 aliphatic heterocycles. The highest BCUT2D eigenvalue weighted by Gasteiger charge is 2.14. The molecule has 1 aromatic carbocycles. The maximum atomic E-state index is 13.0. The zero-order valence-corrected chi connectivity index (χ0v) is 12.1. The second-order valence-corrected chi connectivity index (χ2v) is 5.52. The Balaban J connectivity index is 2.07. The van der Waals surface area contributed by atoms with Crippen LogP contribution in [0.1, 0.15) is 21.9 Å². The maximum Gasteiger partial charge on any atom is 0.301 e. The molecule has 20 heavy (non-hydrogen) atoms. The number of halogens is 2. The van der Waals surface area contributed by atoms with E-state index in [1.807, 2.05) is 5.43 Å². The Hall–Kier alpha value is -1.50. The number of benzene rings is 1. The molecule has 0 saturated carbocycles. The summed E-state index contributed by atoms with van der Waals surface area (Å²) in [4.78, 5) is 12.2. The van der Waals surface area contributed by atoms with Crippen LogP contribution in [0.3, 0.4) is 0 Å². The fourth-order valence-corrected chi connectivity index (χ4v) is 2.69. The third-order valence-electron chi connectivity index (χ3n) is 2.58. The predicted molar refractivity (Wildman–Crippen MR) is 76.1 cm³/mol. The molecule has 0 bridgehead atoms. The van der Waals surface area contributed by atoms with Crippen molar-refractivity contribution >= 4 is 29.3 Å². The van der Waals surface area contributed by atoms with Crippen LogP contribution < -0.4 is 11.3 Å². The summed E-state index contributed by atoms with van der Waals surface area (Å²) in [6.45, 7) is 1.76. The third kappa shape index (κ3) is 3.33. The maximum absolute atomic E-state index is 13.0. The Kier molecular flexibility index (Phi) is 4.69. The van der Waals surface area contributed by atoms with Gasteiger partial charge in [-0.15, -0.1) is 11.8 Å². The Bertz CT molecular complexity index is 645. The van der Waals surface area contributed by atoms with Gasteiger partial charge in [-0.2, -0.15) is 0 Å². The van der Waals surface area contributed by atoms with Crippen LogP contribution in [-0.4, -0.2) is 5.91 Å². The average Bonchev–Trinajstić information content (AvgIpc) is 2.80. The van der Waals surface area contributed by atoms with E-state index in [0.29, 0.717) is 17.1 Å². The molecule has 0 radical (unpaired) electrons. The summed E-state index contributed by atoms with van der Waals surface area (Å²) in [6, 6.07) is 6.26. The standard InChI is InChI=1S/C13H12ClFN2O2S/c1-7-4-8(19-12(7)13(18)17-16)6-20-9-2-3-11(15)10(14)5-9/h2-5H,6,16H2,1H3,(H,17,18). The van der Waals surface area contributed by atoms with E-state index in [4.69, 9.17) is 21.9 Å². The summed E-state index contributed by atoms with van der Waals surface area (Å²) in [7, 11) is 0. The highest BCUT2D eigenvalue weighted by molar-refractivity contribution is 7.98. The van der Waals surface area contributed by atoms with Crippen molar-refractivity contribution in [1.82, 2.24) is 5.43 Å². The number of nitrogens with two attached hydrogens (primary N) is 1. The summed E-state index contributed by atoms with van der Waals surface area (Å²) in [6.07, 6.45) is 0. The number of hydrogen-bond donors (Lipinski definition) is 2. The Morgan fingerprint density at radius 3 is 2.90 bits per heavy atom. The lowest BCUT2D eigenvalue weighted by molar-refractivity contribution is 0.0923. The van der Waals surface area contributed by atoms with Crippen LogP contribution in [0.25, 0.3) is 0 Å². The van der Waals surface area contributed by atoms with E-state index in [1.54, 1.807) is 25.1 Å². The van der Waals surface area contributed by atoms with Gasteiger partial charge in [0.25, 0.3) is 0 Å². The van der Waals surface area contributed by atoms with E-state index < -0.39 is 11.7 Å². The molecule has 1 heterocycles. The monoisotopic (exact) mass is 314 g/mol. The van der Waals surface area contributed by atoms with Gasteiger partial charge in [-0.1, -0.05) is 11.6 Å². The molecule has 2 aromatic rings. The number of rotatable bonds is 4. The number of nitrogens with one attached hydrogen (secondary N) is 1. The van der Waals surface area contributed by atoms with Gasteiger partial charge in [0.2, 0.25) is 0 Å². The van der Waals surface area contributed by atoms with E-state index in [0.717, 1.165) is 4.90 Å². The number of aryl methyl sites for hydroxylation is 1. The van der Waals surface area contributed by atoms with Gasteiger partial charge in [0.05, 0.1) is 10.8 Å². The number of carbonyl (C=O) groups is 1. The van der Waals surface area contributed by atoms with Crippen molar-refractivity contribution in [1.29, 1.82) is 0 Å². The second-order valence-electron chi connectivity index (χ2n) is 4.06. The number of thioether (sulfide) groups is 1. The molecule has 0 spiro atoms. The van der Waals surface area contributed by atoms with Gasteiger partial charge in [-0.05, 0) is 31.2 Å². The van der Waals surface area contributed by atoms with Crippen LogP contribution in [0.5, 0.6) is 0 Å². The van der Waals surface area contributed by atoms with Crippen molar-refractivity contribution in [3.8, 4) is 0 Å². The normalized spacial score (nSPS) is 10.6. The van der Waals surface area contributed by atoms with Gasteiger partial charge in [-0.3, -0.25) is 10.2 Å². The Labute approximate surface area is 124 Å². The molecule has 0 fully saturated rings. The molecule has 7 heteroatoms. The van der Waals surface area contributed by atoms with Crippen LogP contribution in [0.2, 0.25) is 5.02 Å². The minimum atomic E-state index is -0.469. The molecule has 0 aliphatic rings. The van der Waals surface area contributed by atoms with Crippen LogP contribution in [0.4, 0.5) is 4.39 Å². The zero-order chi connectivity index (χ0) is 14.7. The Morgan fingerprint density at radius 2 is 2.25 bits per heavy atom. The van der Waals surface area contributed by atoms with Gasteiger partial charge in [0, 0.05) is 10.5 Å². The molecule has 2 rings (SSSR count). The lowest BCUT2D eigenvalue weighted by Gasteiger charge is -2.01. The number of hydrogen-bond acceptors (Lipinski definition) is 4. The molecule has 0 unspecified atom stereocenters. The average molecular weight is 315 g/mol. The van der Waals surface area contributed by atoms with Crippen LogP contribution >= 0.6 is 23.4 Å². The first-order valence-corrected chi connectivity index (χ1v) is 7.05. The lowest BCUT2D eigenvalue weighted by Crippen LogP contribution is -2.30. The van der Waals surface area contributed by atoms with Crippen LogP contribution in [0.15, 0.2) is 33.6 Å². The molecule has 0 aliphatic carbocycles. The molecule has 0 atom stereocenters. The minimum Gasteiger partial charge on any atom is -0.455 e. The first-order chi connectivity index (χ1) is 9.51. The summed E-state index contributed by atoms with van der Waals surface area (Å²) in [5.74, 6) is 5.47. The smallest absolute Gasteiger partial charge is 0.301 e. The first kappa shape index (κ1) is 14.9. The van der Waals surface area contributed by atoms with E-state index in [1.165, 1.54) is 17.8 Å². The fourth-order valence-electron chi connectivity index (χ4n) is 1.63. The summed E-state index contributed by atoms with van der Waals surface area (Å²) < 4.78 is 18.5. The van der Waals surface area contributed by atoms with Crippen molar-refractivity contribution in [2.75, 3.05) is 0 Å². The van der Waals surface area contributed by atoms with Crippen molar-refractivity contribution < 1.29 is 13.6 Å². The first-order valence-electron chi connectivity index (χ1n) is 5.69. The predicted octanol–water partition coefficient (Wildman–Crippen LogP) is 3.28. The van der Waals surface area contributed by atoms with E-state index in [9.17, 15) is 9.18 Å². The quantitative estimate of drug-likeness (QED) is 0.393. The zero-order valence-electron chi connectivity index (χ0n) is 10.6. The summed E-state index contributed by atoms with van der Waals surface area (Å²) >= 11 is 7.14. The number of carbonyl (C=O) groups excluding carboxylic acids is 1. The van der Waals surface area contributed by atoms with Crippen LogP contribution in [0, 0.1) is 12.7 Å². The molecule has 1 amide bonds. The highest BCUT2D eigenvalue weighted by Crippen LogP contribution is 2.28. The third-order valence-corrected chi connectivity index (χ3v) is 3.88. The fraction of sp³-hybridized carbons (Fsp3) is 0.154. The van der Waals surface area contributed by atoms with Gasteiger partial charge in [-0.25, -0.2) is 10.2 Å². The van der Waals surface area contributed by atoms with Crippen molar-refractivity contribution in [3.63, 3.8) is 0 Å². The number of amides is 1. The summed E-state index contributed by atoms with van der Waals surface area (Å²) in [5.41, 5.74) is 2.73. The largest absolute Gasteiger partial charge is 0.455 e. The van der Waals surface area contributed by atoms with Gasteiger partial charge in [0.15, 0.2) is 5.76 Å². The highest BCUT2D eigenvalue weighted by atomic mass is 35.5. The molecule has 4 nitrogen and oxygen atoms in total. The number of hydrazine groups is 1. The van der Waals surface area contributed by atoms with Crippen molar-refractivity contribution in [3.05, 3.63) is 52.2 Å². The molecule has 106 valence electrons. The molecule has 0 saturated heterocycles. The summed E-state index contributed by atoms with van der Waals surface area (Å²) in [5, 5.41) is 0.0776. The van der Waals surface area contributed by atoms with Crippen molar-refractivity contribution in [2.24, 2.45) is 5.84 Å². The SMILES string of the molecule is Cc1cc(CSc2ccc(F)c(Cl)c2)oc1C(=O)NN. The van der Waals surface area contributed by atoms with E-state index in [-0.39, 0.29) is 10.8 Å². The molecule has 3 N–H and O–H groups in total. The number of nitrogen functional groups attached to an aromatic ring is 1. The molecular formula is C13H12ClFN2O2S. The second kappa shape index (κ2) is 6.30. The van der Waals surface area contributed by atoms with Crippen LogP contribution in [-0.2, 0) is 5.75 Å². The van der Waals surface area contributed by atoms with Crippen molar-refractivity contribution in [2.45, 2.75) is 17.6 Å².